The minimum absolute atomic E-state index is 0.0694. The molecule has 0 spiro atoms. The molecule has 0 aromatic rings. The van der Waals surface area contributed by atoms with E-state index in [1.807, 2.05) is 0 Å². The Morgan fingerprint density at radius 3 is 2.70 bits per heavy atom. The number of hydrogen-bond acceptors (Lipinski definition) is 3. The van der Waals surface area contributed by atoms with Crippen molar-refractivity contribution in [2.45, 2.75) is 0 Å². The first-order valence-corrected chi connectivity index (χ1v) is 4.66. The molecule has 1 unspecified atom stereocenters. The van der Waals surface area contributed by atoms with E-state index in [0.29, 0.717) is 13.1 Å². The Labute approximate surface area is 62.6 Å². The van der Waals surface area contributed by atoms with Crippen LogP contribution in [0.1, 0.15) is 0 Å². The summed E-state index contributed by atoms with van der Waals surface area (Å²) in [5.74, 6) is -0.133. The summed E-state index contributed by atoms with van der Waals surface area (Å²) < 4.78 is 10.4. The molecule has 0 aliphatic carbocycles. The van der Waals surface area contributed by atoms with Gasteiger partial charge in [0.2, 0.25) is 5.91 Å². The van der Waals surface area contributed by atoms with E-state index in [1.54, 1.807) is 0 Å². The lowest BCUT2D eigenvalue weighted by Gasteiger charge is -1.99. The molecule has 0 rings (SSSR count). The molecule has 0 saturated heterocycles. The first kappa shape index (κ1) is 9.58. The van der Waals surface area contributed by atoms with Gasteiger partial charge in [-0.15, -0.1) is 0 Å². The summed E-state index contributed by atoms with van der Waals surface area (Å²) in [6.07, 6.45) is 1.49. The number of nitrogens with one attached hydrogen (secondary N) is 1. The van der Waals surface area contributed by atoms with E-state index in [9.17, 15) is 9.00 Å². The average molecular weight is 164 g/mol. The third-order valence-corrected chi connectivity index (χ3v) is 1.47. The number of amides is 1. The maximum Gasteiger partial charge on any atom is 0.232 e. The van der Waals surface area contributed by atoms with Crippen molar-refractivity contribution in [3.8, 4) is 0 Å². The van der Waals surface area contributed by atoms with Gasteiger partial charge in [0.25, 0.3) is 0 Å². The lowest BCUT2D eigenvalue weighted by molar-refractivity contribution is -0.118. The Kier molecular flexibility index (Phi) is 5.15. The van der Waals surface area contributed by atoms with E-state index in [0.717, 1.165) is 0 Å². The monoisotopic (exact) mass is 164 g/mol. The van der Waals surface area contributed by atoms with Crippen LogP contribution in [-0.4, -0.2) is 35.2 Å². The molecule has 4 nitrogen and oxygen atoms in total. The van der Waals surface area contributed by atoms with Gasteiger partial charge in [0.15, 0.2) is 0 Å². The number of carbonyl (C=O) groups excluding carboxylic acids is 1. The standard InChI is InChI=1S/C5H12N2O2S/c1-10(9)4-5(8)7-3-2-6/h2-4,6H2,1H3,(H,7,8). The Morgan fingerprint density at radius 2 is 2.30 bits per heavy atom. The van der Waals surface area contributed by atoms with Crippen molar-refractivity contribution >= 4 is 16.7 Å². The van der Waals surface area contributed by atoms with Gasteiger partial charge in [0.05, 0.1) is 0 Å². The molecule has 10 heavy (non-hydrogen) atoms. The van der Waals surface area contributed by atoms with Crippen LogP contribution in [0.25, 0.3) is 0 Å². The van der Waals surface area contributed by atoms with Gasteiger partial charge in [-0.05, 0) is 0 Å². The maximum absolute atomic E-state index is 10.7. The second kappa shape index (κ2) is 5.37. The minimum Gasteiger partial charge on any atom is -0.354 e. The van der Waals surface area contributed by atoms with Gasteiger partial charge in [-0.2, -0.15) is 0 Å². The molecule has 0 saturated carbocycles. The van der Waals surface area contributed by atoms with E-state index >= 15 is 0 Å². The Hall–Kier alpha value is -0.420. The second-order valence-corrected chi connectivity index (χ2v) is 3.29. The first-order valence-electron chi connectivity index (χ1n) is 2.93. The van der Waals surface area contributed by atoms with Crippen LogP contribution in [0.4, 0.5) is 0 Å². The lowest BCUT2D eigenvalue weighted by Crippen LogP contribution is -2.32. The van der Waals surface area contributed by atoms with Crippen LogP contribution in [0.2, 0.25) is 0 Å². The topological polar surface area (TPSA) is 72.2 Å². The number of rotatable bonds is 4. The van der Waals surface area contributed by atoms with E-state index in [-0.39, 0.29) is 11.7 Å². The molecular formula is C5H12N2O2S. The second-order valence-electron chi connectivity index (χ2n) is 1.86. The van der Waals surface area contributed by atoms with E-state index < -0.39 is 10.8 Å². The molecule has 0 aromatic carbocycles. The molecule has 1 amide bonds. The molecule has 0 radical (unpaired) electrons. The quantitative estimate of drug-likeness (QED) is 0.528. The Balaban J connectivity index is 3.35. The summed E-state index contributed by atoms with van der Waals surface area (Å²) in [5, 5.41) is 2.51. The minimum atomic E-state index is -1.05. The zero-order chi connectivity index (χ0) is 7.98. The highest BCUT2D eigenvalue weighted by Gasteiger charge is 2.00. The molecule has 0 bridgehead atoms. The normalized spacial score (nSPS) is 12.6. The van der Waals surface area contributed by atoms with Crippen LogP contribution < -0.4 is 11.1 Å². The number of hydrogen-bond donors (Lipinski definition) is 2. The average Bonchev–Trinajstić information content (AvgIpc) is 1.82. The summed E-state index contributed by atoms with van der Waals surface area (Å²) in [4.78, 5) is 10.7. The molecule has 0 aliphatic rings. The molecule has 3 N–H and O–H groups in total. The molecular weight excluding hydrogens is 152 g/mol. The summed E-state index contributed by atoms with van der Waals surface area (Å²) in [6.45, 7) is 0.873. The van der Waals surface area contributed by atoms with E-state index in [2.05, 4.69) is 5.32 Å². The van der Waals surface area contributed by atoms with Crippen LogP contribution in [0.3, 0.4) is 0 Å². The zero-order valence-corrected chi connectivity index (χ0v) is 6.74. The highest BCUT2D eigenvalue weighted by molar-refractivity contribution is 7.85. The molecule has 0 fully saturated rings. The lowest BCUT2D eigenvalue weighted by atomic mass is 10.6. The molecule has 0 aromatic heterocycles. The van der Waals surface area contributed by atoms with Crippen molar-refractivity contribution in [1.82, 2.24) is 5.32 Å². The van der Waals surface area contributed by atoms with Crippen LogP contribution in [0, 0.1) is 0 Å². The number of nitrogens with two attached hydrogens (primary N) is 1. The van der Waals surface area contributed by atoms with Crippen LogP contribution >= 0.6 is 0 Å². The van der Waals surface area contributed by atoms with Crippen molar-refractivity contribution < 1.29 is 9.00 Å². The van der Waals surface area contributed by atoms with Gasteiger partial charge in [-0.25, -0.2) is 0 Å². The maximum atomic E-state index is 10.7. The van der Waals surface area contributed by atoms with Crippen molar-refractivity contribution in [3.63, 3.8) is 0 Å². The predicted molar refractivity (Wildman–Crippen MR) is 41.0 cm³/mol. The van der Waals surface area contributed by atoms with Gasteiger partial charge in [-0.1, -0.05) is 0 Å². The highest BCUT2D eigenvalue weighted by Crippen LogP contribution is 1.73. The van der Waals surface area contributed by atoms with E-state index in [1.165, 1.54) is 6.26 Å². The smallest absolute Gasteiger partial charge is 0.232 e. The molecule has 0 aliphatic heterocycles. The summed E-state index contributed by atoms with van der Waals surface area (Å²) in [5.41, 5.74) is 5.12. The molecule has 1 atom stereocenters. The summed E-state index contributed by atoms with van der Waals surface area (Å²) >= 11 is 0. The van der Waals surface area contributed by atoms with Crippen molar-refractivity contribution in [2.75, 3.05) is 25.1 Å². The highest BCUT2D eigenvalue weighted by atomic mass is 32.2. The summed E-state index contributed by atoms with van der Waals surface area (Å²) in [6, 6.07) is 0. The van der Waals surface area contributed by atoms with Crippen molar-refractivity contribution in [1.29, 1.82) is 0 Å². The Morgan fingerprint density at radius 1 is 1.70 bits per heavy atom. The third kappa shape index (κ3) is 5.71. The first-order chi connectivity index (χ1) is 4.66. The molecule has 0 heterocycles. The van der Waals surface area contributed by atoms with Gasteiger partial charge < -0.3 is 11.1 Å². The fourth-order valence-corrected chi connectivity index (χ4v) is 0.919. The van der Waals surface area contributed by atoms with Gasteiger partial charge in [0, 0.05) is 30.1 Å². The fraction of sp³-hybridized carbons (Fsp3) is 0.800. The van der Waals surface area contributed by atoms with Crippen molar-refractivity contribution in [3.05, 3.63) is 0 Å². The predicted octanol–water partition coefficient (Wildman–Crippen LogP) is -1.56. The van der Waals surface area contributed by atoms with E-state index in [4.69, 9.17) is 5.73 Å². The van der Waals surface area contributed by atoms with Gasteiger partial charge in [-0.3, -0.25) is 9.00 Å². The third-order valence-electron chi connectivity index (χ3n) is 0.801. The van der Waals surface area contributed by atoms with Crippen LogP contribution in [-0.2, 0) is 15.6 Å². The summed E-state index contributed by atoms with van der Waals surface area (Å²) in [7, 11) is -1.05. The van der Waals surface area contributed by atoms with Crippen molar-refractivity contribution in [2.24, 2.45) is 5.73 Å². The fourth-order valence-electron chi connectivity index (χ4n) is 0.447. The zero-order valence-electron chi connectivity index (χ0n) is 5.92. The number of carbonyl (C=O) groups is 1. The van der Waals surface area contributed by atoms with Gasteiger partial charge >= 0.3 is 0 Å². The molecule has 5 heteroatoms. The Bertz CT molecular complexity index is 138. The largest absolute Gasteiger partial charge is 0.354 e. The van der Waals surface area contributed by atoms with Crippen LogP contribution in [0.5, 0.6) is 0 Å². The molecule has 60 valence electrons. The van der Waals surface area contributed by atoms with Crippen LogP contribution in [0.15, 0.2) is 0 Å². The van der Waals surface area contributed by atoms with Gasteiger partial charge in [0.1, 0.15) is 5.75 Å². The SMILES string of the molecule is CS(=O)CC(=O)NCCN.